The molecule has 0 aliphatic heterocycles. The normalized spacial score (nSPS) is 11.4. The minimum atomic E-state index is -0.451. The van der Waals surface area contributed by atoms with Gasteiger partial charge in [-0.3, -0.25) is 0 Å². The Morgan fingerprint density at radius 3 is 2.50 bits per heavy atom. The largest absolute Gasteiger partial charge is 0.444 e. The highest BCUT2D eigenvalue weighted by Gasteiger charge is 2.15. The third-order valence-corrected chi connectivity index (χ3v) is 2.84. The summed E-state index contributed by atoms with van der Waals surface area (Å²) in [5.74, 6) is 0. The van der Waals surface area contributed by atoms with Crippen molar-refractivity contribution >= 4 is 11.8 Å². The molecular weight excluding hydrogens is 278 g/mol. The van der Waals surface area contributed by atoms with E-state index in [2.05, 4.69) is 41.8 Å². The molecule has 0 fully saturated rings. The second-order valence-electron chi connectivity index (χ2n) is 6.60. The van der Waals surface area contributed by atoms with Crippen molar-refractivity contribution in [3.8, 4) is 0 Å². The number of amides is 1. The minimum Gasteiger partial charge on any atom is -0.444 e. The van der Waals surface area contributed by atoms with Crippen LogP contribution in [0, 0.1) is 0 Å². The molecule has 0 aliphatic carbocycles. The van der Waals surface area contributed by atoms with E-state index in [9.17, 15) is 4.79 Å². The Bertz CT molecular complexity index is 467. The summed E-state index contributed by atoms with van der Waals surface area (Å²) in [6.07, 6.45) is 0.482. The zero-order valence-electron chi connectivity index (χ0n) is 14.4. The number of nitrogens with zero attached hydrogens (tertiary/aromatic N) is 1. The van der Waals surface area contributed by atoms with Gasteiger partial charge in [0.1, 0.15) is 5.60 Å². The monoisotopic (exact) mass is 307 g/mol. The van der Waals surface area contributed by atoms with Crippen molar-refractivity contribution < 1.29 is 9.53 Å². The number of rotatable bonds is 7. The molecule has 0 spiro atoms. The molecule has 1 aromatic rings. The van der Waals surface area contributed by atoms with Crippen LogP contribution >= 0.6 is 0 Å². The third kappa shape index (κ3) is 7.88. The van der Waals surface area contributed by atoms with Crippen molar-refractivity contribution in [2.45, 2.75) is 39.3 Å². The number of hydrogen-bond donors (Lipinski definition) is 2. The number of hydrogen-bond acceptors (Lipinski definition) is 4. The molecule has 5 nitrogen and oxygen atoms in total. The highest BCUT2D eigenvalue weighted by molar-refractivity contribution is 5.67. The fourth-order valence-corrected chi connectivity index (χ4v) is 1.99. The fraction of sp³-hybridized carbons (Fsp3) is 0.588. The number of nitrogens with one attached hydrogen (secondary N) is 2. The van der Waals surface area contributed by atoms with E-state index in [0.29, 0.717) is 6.54 Å². The van der Waals surface area contributed by atoms with Gasteiger partial charge in [-0.15, -0.1) is 0 Å². The van der Waals surface area contributed by atoms with Crippen molar-refractivity contribution in [3.63, 3.8) is 0 Å². The summed E-state index contributed by atoms with van der Waals surface area (Å²) in [5, 5.41) is 6.18. The lowest BCUT2D eigenvalue weighted by atomic mass is 10.1. The summed E-state index contributed by atoms with van der Waals surface area (Å²) in [6.45, 7) is 7.87. The molecule has 0 aromatic heterocycles. The molecule has 22 heavy (non-hydrogen) atoms. The van der Waals surface area contributed by atoms with Crippen LogP contribution in [0.4, 0.5) is 10.5 Å². The van der Waals surface area contributed by atoms with Gasteiger partial charge < -0.3 is 20.3 Å². The van der Waals surface area contributed by atoms with Gasteiger partial charge in [-0.25, -0.2) is 4.79 Å². The summed E-state index contributed by atoms with van der Waals surface area (Å²) >= 11 is 0. The molecule has 1 amide bonds. The molecule has 0 radical (unpaired) electrons. The van der Waals surface area contributed by atoms with Crippen molar-refractivity contribution in [1.29, 1.82) is 0 Å². The van der Waals surface area contributed by atoms with Crippen molar-refractivity contribution in [2.75, 3.05) is 32.5 Å². The summed E-state index contributed by atoms with van der Waals surface area (Å²) in [5.41, 5.74) is 1.97. The van der Waals surface area contributed by atoms with Crippen LogP contribution in [-0.4, -0.2) is 43.8 Å². The molecule has 0 bridgehead atoms. The molecule has 0 unspecified atom stereocenters. The van der Waals surface area contributed by atoms with Gasteiger partial charge >= 0.3 is 6.09 Å². The maximum Gasteiger partial charge on any atom is 0.407 e. The molecule has 5 heteroatoms. The Hall–Kier alpha value is -1.75. The van der Waals surface area contributed by atoms with Gasteiger partial charge in [0.15, 0.2) is 0 Å². The van der Waals surface area contributed by atoms with Gasteiger partial charge in [0.25, 0.3) is 0 Å². The Balaban J connectivity index is 2.29. The Morgan fingerprint density at radius 1 is 1.18 bits per heavy atom. The first-order chi connectivity index (χ1) is 10.3. The summed E-state index contributed by atoms with van der Waals surface area (Å²) < 4.78 is 5.19. The molecule has 1 aromatic carbocycles. The third-order valence-electron chi connectivity index (χ3n) is 2.84. The molecule has 0 saturated heterocycles. The predicted octanol–water partition coefficient (Wildman–Crippen LogP) is 3.07. The summed E-state index contributed by atoms with van der Waals surface area (Å²) in [6, 6.07) is 8.29. The standard InChI is InChI=1S/C17H29N3O2/c1-17(2,3)22-16(21)19-12-8-11-18-15-10-7-6-9-14(15)13-20(4)5/h6-7,9-10,18H,8,11-13H2,1-5H3,(H,19,21). The number of anilines is 1. The quantitative estimate of drug-likeness (QED) is 0.760. The van der Waals surface area contributed by atoms with E-state index in [0.717, 1.165) is 25.2 Å². The van der Waals surface area contributed by atoms with Crippen LogP contribution in [0.2, 0.25) is 0 Å². The van der Waals surface area contributed by atoms with E-state index in [4.69, 9.17) is 4.74 Å². The molecule has 1 rings (SSSR count). The molecule has 0 atom stereocenters. The SMILES string of the molecule is CN(C)Cc1ccccc1NCCCNC(=O)OC(C)(C)C. The fourth-order valence-electron chi connectivity index (χ4n) is 1.99. The smallest absolute Gasteiger partial charge is 0.407 e. The van der Waals surface area contributed by atoms with Crippen LogP contribution in [0.3, 0.4) is 0 Å². The first kappa shape index (κ1) is 18.3. The molecular formula is C17H29N3O2. The van der Waals surface area contributed by atoms with Gasteiger partial charge in [0.05, 0.1) is 0 Å². The topological polar surface area (TPSA) is 53.6 Å². The zero-order valence-corrected chi connectivity index (χ0v) is 14.4. The van der Waals surface area contributed by atoms with E-state index >= 15 is 0 Å². The van der Waals surface area contributed by atoms with E-state index in [1.807, 2.05) is 32.9 Å². The summed E-state index contributed by atoms with van der Waals surface area (Å²) in [4.78, 5) is 13.7. The van der Waals surface area contributed by atoms with Gasteiger partial charge in [-0.05, 0) is 52.9 Å². The van der Waals surface area contributed by atoms with Crippen molar-refractivity contribution in [3.05, 3.63) is 29.8 Å². The maximum atomic E-state index is 11.5. The van der Waals surface area contributed by atoms with Gasteiger partial charge in [-0.1, -0.05) is 18.2 Å². The lowest BCUT2D eigenvalue weighted by Gasteiger charge is -2.19. The number of ether oxygens (including phenoxy) is 1. The van der Waals surface area contributed by atoms with Gasteiger partial charge in [-0.2, -0.15) is 0 Å². The van der Waals surface area contributed by atoms with Crippen LogP contribution < -0.4 is 10.6 Å². The number of para-hydroxylation sites is 1. The van der Waals surface area contributed by atoms with E-state index in [1.165, 1.54) is 5.56 Å². The van der Waals surface area contributed by atoms with Gasteiger partial charge in [0, 0.05) is 25.3 Å². The van der Waals surface area contributed by atoms with Crippen LogP contribution in [0.25, 0.3) is 0 Å². The molecule has 2 N–H and O–H groups in total. The average molecular weight is 307 g/mol. The highest BCUT2D eigenvalue weighted by Crippen LogP contribution is 2.16. The highest BCUT2D eigenvalue weighted by atomic mass is 16.6. The first-order valence-corrected chi connectivity index (χ1v) is 7.71. The second-order valence-corrected chi connectivity index (χ2v) is 6.60. The number of alkyl carbamates (subject to hydrolysis) is 1. The molecule has 0 heterocycles. The summed E-state index contributed by atoms with van der Waals surface area (Å²) in [7, 11) is 4.11. The molecule has 124 valence electrons. The maximum absolute atomic E-state index is 11.5. The lowest BCUT2D eigenvalue weighted by molar-refractivity contribution is 0.0528. The molecule has 0 aliphatic rings. The van der Waals surface area contributed by atoms with E-state index in [-0.39, 0.29) is 6.09 Å². The van der Waals surface area contributed by atoms with Crippen molar-refractivity contribution in [1.82, 2.24) is 10.2 Å². The van der Waals surface area contributed by atoms with E-state index in [1.54, 1.807) is 0 Å². The first-order valence-electron chi connectivity index (χ1n) is 7.71. The van der Waals surface area contributed by atoms with E-state index < -0.39 is 5.60 Å². The zero-order chi connectivity index (χ0) is 16.6. The lowest BCUT2D eigenvalue weighted by Crippen LogP contribution is -2.33. The van der Waals surface area contributed by atoms with Crippen LogP contribution in [0.1, 0.15) is 32.8 Å². The van der Waals surface area contributed by atoms with Crippen LogP contribution in [0.15, 0.2) is 24.3 Å². The van der Waals surface area contributed by atoms with Crippen LogP contribution in [-0.2, 0) is 11.3 Å². The number of benzene rings is 1. The Labute approximate surface area is 134 Å². The van der Waals surface area contributed by atoms with Crippen molar-refractivity contribution in [2.24, 2.45) is 0 Å². The minimum absolute atomic E-state index is 0.361. The predicted molar refractivity (Wildman–Crippen MR) is 91.2 cm³/mol. The Kier molecular flexibility index (Phi) is 7.18. The second kappa shape index (κ2) is 8.63. The number of carbonyl (C=O) groups is 1. The molecule has 0 saturated carbocycles. The Morgan fingerprint density at radius 2 is 1.86 bits per heavy atom. The average Bonchev–Trinajstić information content (AvgIpc) is 2.37. The van der Waals surface area contributed by atoms with Gasteiger partial charge in [0.2, 0.25) is 0 Å². The number of carbonyl (C=O) groups excluding carboxylic acids is 1. The van der Waals surface area contributed by atoms with Crippen LogP contribution in [0.5, 0.6) is 0 Å².